The van der Waals surface area contributed by atoms with E-state index < -0.39 is 0 Å². The van der Waals surface area contributed by atoms with Crippen LogP contribution in [-0.4, -0.2) is 31.7 Å². The van der Waals surface area contributed by atoms with Gasteiger partial charge in [0, 0.05) is 18.2 Å². The molecule has 0 amide bonds. The van der Waals surface area contributed by atoms with Crippen LogP contribution in [0.5, 0.6) is 0 Å². The smallest absolute Gasteiger partial charge is 0.0884 e. The minimum atomic E-state index is 0.645. The molecule has 0 saturated carbocycles. The molecule has 0 aromatic carbocycles. The monoisotopic (exact) mass is 137 g/mol. The zero-order valence-electron chi connectivity index (χ0n) is 5.88. The highest BCUT2D eigenvalue weighted by Gasteiger charge is 2.19. The third kappa shape index (κ3) is 0.968. The molecule has 3 nitrogen and oxygen atoms in total. The Morgan fingerprint density at radius 2 is 2.60 bits per heavy atom. The van der Waals surface area contributed by atoms with Crippen molar-refractivity contribution in [2.45, 2.75) is 6.42 Å². The Morgan fingerprint density at radius 3 is 3.50 bits per heavy atom. The normalized spacial score (nSPS) is 31.2. The van der Waals surface area contributed by atoms with E-state index in [9.17, 15) is 0 Å². The van der Waals surface area contributed by atoms with E-state index in [2.05, 4.69) is 15.3 Å². The van der Waals surface area contributed by atoms with Gasteiger partial charge in [0.1, 0.15) is 0 Å². The van der Waals surface area contributed by atoms with Crippen LogP contribution in [0.15, 0.2) is 9.98 Å². The first-order valence-corrected chi connectivity index (χ1v) is 3.69. The highest BCUT2D eigenvalue weighted by atomic mass is 15.0. The van der Waals surface area contributed by atoms with Crippen LogP contribution in [0.1, 0.15) is 6.42 Å². The lowest BCUT2D eigenvalue weighted by Gasteiger charge is -2.24. The molecule has 10 heavy (non-hydrogen) atoms. The van der Waals surface area contributed by atoms with Crippen molar-refractivity contribution in [1.29, 1.82) is 0 Å². The second kappa shape index (κ2) is 2.50. The van der Waals surface area contributed by atoms with Crippen molar-refractivity contribution >= 4 is 11.9 Å². The number of hydrogen-bond acceptors (Lipinski definition) is 3. The first-order valence-electron chi connectivity index (χ1n) is 3.69. The maximum atomic E-state index is 4.34. The van der Waals surface area contributed by atoms with Gasteiger partial charge in [-0.15, -0.1) is 0 Å². The molecule has 0 fully saturated rings. The van der Waals surface area contributed by atoms with Gasteiger partial charge in [-0.05, 0) is 12.6 Å². The number of fused-ring (bicyclic) bond motifs is 1. The maximum Gasteiger partial charge on any atom is 0.0884 e. The Bertz CT molecular complexity index is 183. The van der Waals surface area contributed by atoms with Gasteiger partial charge in [0.2, 0.25) is 0 Å². The zero-order chi connectivity index (χ0) is 6.81. The van der Waals surface area contributed by atoms with E-state index >= 15 is 0 Å². The van der Waals surface area contributed by atoms with Crippen molar-refractivity contribution in [3.63, 3.8) is 0 Å². The van der Waals surface area contributed by atoms with Crippen molar-refractivity contribution in [2.75, 3.05) is 19.8 Å². The zero-order valence-corrected chi connectivity index (χ0v) is 5.88. The minimum Gasteiger partial charge on any atom is -0.298 e. The summed E-state index contributed by atoms with van der Waals surface area (Å²) in [7, 11) is 0. The van der Waals surface area contributed by atoms with Crippen LogP contribution in [-0.2, 0) is 0 Å². The van der Waals surface area contributed by atoms with Crippen molar-refractivity contribution in [2.24, 2.45) is 15.9 Å². The quantitative estimate of drug-likeness (QED) is 0.504. The van der Waals surface area contributed by atoms with Crippen LogP contribution in [0.2, 0.25) is 0 Å². The molecule has 0 aromatic rings. The van der Waals surface area contributed by atoms with E-state index in [1.54, 1.807) is 0 Å². The van der Waals surface area contributed by atoms with Crippen LogP contribution >= 0.6 is 0 Å². The highest BCUT2D eigenvalue weighted by molar-refractivity contribution is 5.94. The summed E-state index contributed by atoms with van der Waals surface area (Å²) in [6.07, 6.45) is 3.09. The summed E-state index contributed by atoms with van der Waals surface area (Å²) in [5, 5.41) is 3.23. The summed E-state index contributed by atoms with van der Waals surface area (Å²) in [4.78, 5) is 8.52. The summed E-state index contributed by atoms with van der Waals surface area (Å²) in [5.41, 5.74) is 1.29. The van der Waals surface area contributed by atoms with Crippen LogP contribution in [0.25, 0.3) is 0 Å². The van der Waals surface area contributed by atoms with Gasteiger partial charge in [0.15, 0.2) is 0 Å². The van der Waals surface area contributed by atoms with Gasteiger partial charge in [0.05, 0.1) is 13.2 Å². The molecule has 3 heteroatoms. The largest absolute Gasteiger partial charge is 0.298 e. The highest BCUT2D eigenvalue weighted by Crippen LogP contribution is 2.10. The van der Waals surface area contributed by atoms with E-state index in [4.69, 9.17) is 0 Å². The van der Waals surface area contributed by atoms with Crippen molar-refractivity contribution < 1.29 is 0 Å². The van der Waals surface area contributed by atoms with E-state index in [0.717, 1.165) is 26.2 Å². The fraction of sp³-hybridized carbons (Fsp3) is 0.714. The molecule has 54 valence electrons. The Kier molecular flexibility index (Phi) is 1.51. The lowest BCUT2D eigenvalue weighted by Crippen LogP contribution is -2.37. The summed E-state index contributed by atoms with van der Waals surface area (Å²) < 4.78 is 0. The Labute approximate surface area is 60.3 Å². The molecule has 2 heterocycles. The Balaban J connectivity index is 2.17. The van der Waals surface area contributed by atoms with E-state index in [-0.39, 0.29) is 0 Å². The number of nitrogens with one attached hydrogen (secondary N) is 1. The van der Waals surface area contributed by atoms with Crippen molar-refractivity contribution in [3.05, 3.63) is 0 Å². The summed E-state index contributed by atoms with van der Waals surface area (Å²) in [6, 6.07) is 0. The third-order valence-electron chi connectivity index (χ3n) is 2.03. The standard InChI is InChI=1S/C7H11N3/c1-2-8-4-7-6(1)3-9-5-10-7/h2,6,9H,1,3-5H2. The molecule has 0 bridgehead atoms. The van der Waals surface area contributed by atoms with Crippen molar-refractivity contribution in [3.8, 4) is 0 Å². The Hall–Kier alpha value is -0.700. The average Bonchev–Trinajstić information content (AvgIpc) is 2.05. The fourth-order valence-electron chi connectivity index (χ4n) is 1.40. The third-order valence-corrected chi connectivity index (χ3v) is 2.03. The number of rotatable bonds is 0. The lowest BCUT2D eigenvalue weighted by atomic mass is 9.97. The molecule has 1 atom stereocenters. The lowest BCUT2D eigenvalue weighted by molar-refractivity contribution is 0.564. The molecule has 1 N–H and O–H groups in total. The number of hydrogen-bond donors (Lipinski definition) is 1. The molecule has 1 unspecified atom stereocenters. The summed E-state index contributed by atoms with van der Waals surface area (Å²) in [5.74, 6) is 0.645. The molecule has 2 rings (SSSR count). The van der Waals surface area contributed by atoms with Crippen LogP contribution in [0.4, 0.5) is 0 Å². The Morgan fingerprint density at radius 1 is 1.60 bits per heavy atom. The second-order valence-corrected chi connectivity index (χ2v) is 2.72. The van der Waals surface area contributed by atoms with Gasteiger partial charge in [-0.3, -0.25) is 15.3 Å². The maximum absolute atomic E-state index is 4.34. The number of aliphatic imine (C=N–C) groups is 2. The van der Waals surface area contributed by atoms with E-state index in [1.807, 2.05) is 6.21 Å². The molecule has 2 aliphatic heterocycles. The van der Waals surface area contributed by atoms with Gasteiger partial charge in [-0.25, -0.2) is 0 Å². The second-order valence-electron chi connectivity index (χ2n) is 2.72. The van der Waals surface area contributed by atoms with E-state index in [0.29, 0.717) is 5.92 Å². The molecule has 0 aliphatic carbocycles. The van der Waals surface area contributed by atoms with E-state index in [1.165, 1.54) is 5.71 Å². The summed E-state index contributed by atoms with van der Waals surface area (Å²) in [6.45, 7) is 2.72. The van der Waals surface area contributed by atoms with Gasteiger partial charge < -0.3 is 0 Å². The minimum absolute atomic E-state index is 0.645. The molecule has 0 saturated heterocycles. The van der Waals surface area contributed by atoms with Gasteiger partial charge in [-0.1, -0.05) is 0 Å². The molecule has 0 radical (unpaired) electrons. The van der Waals surface area contributed by atoms with Crippen LogP contribution in [0, 0.1) is 5.92 Å². The number of nitrogens with zero attached hydrogens (tertiary/aromatic N) is 2. The molecular weight excluding hydrogens is 126 g/mol. The predicted molar refractivity (Wildman–Crippen MR) is 41.8 cm³/mol. The molecule has 0 aromatic heterocycles. The summed E-state index contributed by atoms with van der Waals surface area (Å²) >= 11 is 0. The van der Waals surface area contributed by atoms with Gasteiger partial charge in [0.25, 0.3) is 0 Å². The predicted octanol–water partition coefficient (Wildman–Crippen LogP) is 0.0788. The van der Waals surface area contributed by atoms with Crippen LogP contribution < -0.4 is 5.32 Å². The molecule has 0 spiro atoms. The van der Waals surface area contributed by atoms with Gasteiger partial charge >= 0.3 is 0 Å². The average molecular weight is 137 g/mol. The SMILES string of the molecule is C1=NCC2=NCNCC2C1. The molecular formula is C7H11N3. The first kappa shape index (κ1) is 6.04. The topological polar surface area (TPSA) is 36.8 Å². The van der Waals surface area contributed by atoms with Crippen molar-refractivity contribution in [1.82, 2.24) is 5.32 Å². The van der Waals surface area contributed by atoms with Gasteiger partial charge in [-0.2, -0.15) is 0 Å². The molecule has 2 aliphatic rings. The van der Waals surface area contributed by atoms with Crippen LogP contribution in [0.3, 0.4) is 0 Å². The first-order chi connectivity index (χ1) is 4.97. The fourth-order valence-corrected chi connectivity index (χ4v) is 1.40.